The van der Waals surface area contributed by atoms with Crippen LogP contribution in [0, 0.1) is 0 Å². The highest BCUT2D eigenvalue weighted by molar-refractivity contribution is 6.30. The van der Waals surface area contributed by atoms with E-state index >= 15 is 0 Å². The van der Waals surface area contributed by atoms with Crippen LogP contribution in [0.2, 0.25) is 5.02 Å². The number of benzene rings is 1. The molecule has 0 amide bonds. The zero-order valence-corrected chi connectivity index (χ0v) is 11.1. The summed E-state index contributed by atoms with van der Waals surface area (Å²) in [5, 5.41) is 13.7. The minimum Gasteiger partial charge on any atom is -0.477 e. The molecule has 20 heavy (non-hydrogen) atoms. The highest BCUT2D eigenvalue weighted by atomic mass is 35.5. The van der Waals surface area contributed by atoms with Crippen molar-refractivity contribution in [2.24, 2.45) is 0 Å². The Kier molecular flexibility index (Phi) is 3.12. The molecule has 0 saturated heterocycles. The summed E-state index contributed by atoms with van der Waals surface area (Å²) >= 11 is 5.95. The molecule has 5 nitrogen and oxygen atoms in total. The second-order valence-corrected chi connectivity index (χ2v) is 4.84. The quantitative estimate of drug-likeness (QED) is 0.804. The van der Waals surface area contributed by atoms with Crippen LogP contribution in [0.25, 0.3) is 5.65 Å². The second-order valence-electron chi connectivity index (χ2n) is 4.40. The fraction of sp³-hybridized carbons (Fsp3) is 0.0714. The van der Waals surface area contributed by atoms with Crippen molar-refractivity contribution < 1.29 is 9.90 Å². The van der Waals surface area contributed by atoms with Gasteiger partial charge in [0, 0.05) is 23.8 Å². The van der Waals surface area contributed by atoms with Gasteiger partial charge in [-0.25, -0.2) is 14.3 Å². The summed E-state index contributed by atoms with van der Waals surface area (Å²) in [5.41, 5.74) is 2.43. The number of rotatable bonds is 3. The average Bonchev–Trinajstić information content (AvgIpc) is 2.82. The van der Waals surface area contributed by atoms with Crippen LogP contribution in [0.5, 0.6) is 0 Å². The number of hydrogen-bond acceptors (Lipinski definition) is 3. The fourth-order valence-electron chi connectivity index (χ4n) is 2.04. The Labute approximate surface area is 119 Å². The third kappa shape index (κ3) is 2.35. The number of hydrogen-bond donors (Lipinski definition) is 1. The van der Waals surface area contributed by atoms with Crippen LogP contribution in [0.1, 0.15) is 21.5 Å². The molecule has 0 aliphatic rings. The summed E-state index contributed by atoms with van der Waals surface area (Å²) in [6.45, 7) is 0. The number of carboxylic acid groups (broad SMARTS) is 1. The highest BCUT2D eigenvalue weighted by Crippen LogP contribution is 2.15. The lowest BCUT2D eigenvalue weighted by molar-refractivity contribution is 0.0698. The van der Waals surface area contributed by atoms with Crippen molar-refractivity contribution in [2.75, 3.05) is 0 Å². The molecule has 2 aromatic heterocycles. The topological polar surface area (TPSA) is 67.5 Å². The minimum atomic E-state index is -1.03. The maximum atomic E-state index is 11.0. The van der Waals surface area contributed by atoms with Crippen LogP contribution in [0.3, 0.4) is 0 Å². The van der Waals surface area contributed by atoms with Crippen LogP contribution >= 0.6 is 11.6 Å². The molecule has 0 atom stereocenters. The Bertz CT molecular complexity index is 798. The lowest BCUT2D eigenvalue weighted by atomic mass is 10.1. The van der Waals surface area contributed by atoms with Crippen LogP contribution in [0.4, 0.5) is 0 Å². The van der Waals surface area contributed by atoms with E-state index in [-0.39, 0.29) is 5.56 Å². The van der Waals surface area contributed by atoms with Gasteiger partial charge in [-0.05, 0) is 23.3 Å². The molecule has 100 valence electrons. The van der Waals surface area contributed by atoms with Crippen molar-refractivity contribution in [3.8, 4) is 0 Å². The number of carbonyl (C=O) groups is 1. The summed E-state index contributed by atoms with van der Waals surface area (Å²) in [4.78, 5) is 15.1. The standard InChI is InChI=1S/C14H10ClN3O2/c15-11-3-1-2-9(5-11)4-10-6-16-13-12(14(19)20)7-17-18(13)8-10/h1-3,5-8H,4H2,(H,19,20). The summed E-state index contributed by atoms with van der Waals surface area (Å²) < 4.78 is 1.48. The number of aromatic nitrogens is 3. The predicted octanol–water partition coefficient (Wildman–Crippen LogP) is 2.67. The number of carboxylic acids is 1. The van der Waals surface area contributed by atoms with E-state index in [9.17, 15) is 4.79 Å². The van der Waals surface area contributed by atoms with E-state index in [1.165, 1.54) is 10.7 Å². The van der Waals surface area contributed by atoms with Crippen molar-refractivity contribution in [1.29, 1.82) is 0 Å². The molecule has 1 N–H and O–H groups in total. The van der Waals surface area contributed by atoms with Crippen molar-refractivity contribution >= 4 is 23.2 Å². The smallest absolute Gasteiger partial charge is 0.341 e. The number of fused-ring (bicyclic) bond motifs is 1. The van der Waals surface area contributed by atoms with Crippen LogP contribution in [0.15, 0.2) is 42.9 Å². The summed E-state index contributed by atoms with van der Waals surface area (Å²) in [6.07, 6.45) is 5.39. The SMILES string of the molecule is O=C(O)c1cnn2cc(Cc3cccc(Cl)c3)cnc12. The van der Waals surface area contributed by atoms with E-state index in [4.69, 9.17) is 16.7 Å². The Morgan fingerprint density at radius 2 is 2.15 bits per heavy atom. The first kappa shape index (κ1) is 12.6. The average molecular weight is 288 g/mol. The third-order valence-electron chi connectivity index (χ3n) is 2.94. The Hall–Kier alpha value is -2.40. The van der Waals surface area contributed by atoms with E-state index in [1.54, 1.807) is 12.4 Å². The van der Waals surface area contributed by atoms with E-state index in [0.29, 0.717) is 17.1 Å². The van der Waals surface area contributed by atoms with Gasteiger partial charge in [0.15, 0.2) is 5.65 Å². The first-order valence-corrected chi connectivity index (χ1v) is 6.31. The van der Waals surface area contributed by atoms with Crippen molar-refractivity contribution in [1.82, 2.24) is 14.6 Å². The minimum absolute atomic E-state index is 0.0966. The van der Waals surface area contributed by atoms with Gasteiger partial charge in [0.2, 0.25) is 0 Å². The molecule has 1 aromatic carbocycles. The summed E-state index contributed by atoms with van der Waals surface area (Å²) in [6, 6.07) is 7.57. The zero-order chi connectivity index (χ0) is 14.1. The molecule has 3 aromatic rings. The zero-order valence-electron chi connectivity index (χ0n) is 10.3. The molecule has 0 radical (unpaired) electrons. The molecule has 0 spiro atoms. The van der Waals surface area contributed by atoms with Gasteiger partial charge in [0.25, 0.3) is 0 Å². The van der Waals surface area contributed by atoms with Gasteiger partial charge < -0.3 is 5.11 Å². The molecular weight excluding hydrogens is 278 g/mol. The van der Waals surface area contributed by atoms with Gasteiger partial charge in [0.1, 0.15) is 5.56 Å². The highest BCUT2D eigenvalue weighted by Gasteiger charge is 2.12. The van der Waals surface area contributed by atoms with Crippen LogP contribution in [-0.2, 0) is 6.42 Å². The van der Waals surface area contributed by atoms with Gasteiger partial charge in [-0.15, -0.1) is 0 Å². The molecule has 0 bridgehead atoms. The molecule has 0 saturated carbocycles. The normalized spacial score (nSPS) is 10.8. The maximum absolute atomic E-state index is 11.0. The summed E-state index contributed by atoms with van der Waals surface area (Å²) in [7, 11) is 0. The Morgan fingerprint density at radius 1 is 1.30 bits per heavy atom. The van der Waals surface area contributed by atoms with Gasteiger partial charge in [-0.2, -0.15) is 5.10 Å². The molecule has 2 heterocycles. The Balaban J connectivity index is 1.95. The molecule has 0 unspecified atom stereocenters. The van der Waals surface area contributed by atoms with Crippen molar-refractivity contribution in [3.05, 3.63) is 64.6 Å². The first-order chi connectivity index (χ1) is 9.63. The monoisotopic (exact) mass is 287 g/mol. The first-order valence-electron chi connectivity index (χ1n) is 5.93. The number of nitrogens with zero attached hydrogens (tertiary/aromatic N) is 3. The Morgan fingerprint density at radius 3 is 2.90 bits per heavy atom. The van der Waals surface area contributed by atoms with E-state index in [1.807, 2.05) is 24.3 Å². The molecular formula is C14H10ClN3O2. The second kappa shape index (κ2) is 4.94. The van der Waals surface area contributed by atoms with Crippen molar-refractivity contribution in [3.63, 3.8) is 0 Å². The number of halogens is 1. The summed E-state index contributed by atoms with van der Waals surface area (Å²) in [5.74, 6) is -1.03. The maximum Gasteiger partial charge on any atom is 0.341 e. The molecule has 0 fully saturated rings. The van der Waals surface area contributed by atoms with Gasteiger partial charge in [-0.1, -0.05) is 23.7 Å². The van der Waals surface area contributed by atoms with Crippen LogP contribution in [-0.4, -0.2) is 25.7 Å². The third-order valence-corrected chi connectivity index (χ3v) is 3.17. The molecule has 3 rings (SSSR count). The van der Waals surface area contributed by atoms with E-state index in [0.717, 1.165) is 11.1 Å². The van der Waals surface area contributed by atoms with E-state index < -0.39 is 5.97 Å². The largest absolute Gasteiger partial charge is 0.477 e. The van der Waals surface area contributed by atoms with Crippen LogP contribution < -0.4 is 0 Å². The van der Waals surface area contributed by atoms with Crippen molar-refractivity contribution in [2.45, 2.75) is 6.42 Å². The molecule has 0 aliphatic heterocycles. The lowest BCUT2D eigenvalue weighted by Crippen LogP contribution is -1.99. The van der Waals surface area contributed by atoms with Gasteiger partial charge in [-0.3, -0.25) is 0 Å². The fourth-order valence-corrected chi connectivity index (χ4v) is 2.25. The predicted molar refractivity (Wildman–Crippen MR) is 74.2 cm³/mol. The van der Waals surface area contributed by atoms with Gasteiger partial charge >= 0.3 is 5.97 Å². The van der Waals surface area contributed by atoms with Gasteiger partial charge in [0.05, 0.1) is 6.20 Å². The number of aromatic carboxylic acids is 1. The lowest BCUT2D eigenvalue weighted by Gasteiger charge is -2.03. The molecule has 6 heteroatoms. The molecule has 0 aliphatic carbocycles. The van der Waals surface area contributed by atoms with E-state index in [2.05, 4.69) is 10.1 Å².